The first-order chi connectivity index (χ1) is 8.62. The molecule has 0 radical (unpaired) electrons. The molecule has 0 saturated heterocycles. The number of halogens is 1. The summed E-state index contributed by atoms with van der Waals surface area (Å²) in [6.45, 7) is 0. The highest BCUT2D eigenvalue weighted by molar-refractivity contribution is 7.89. The van der Waals surface area contributed by atoms with E-state index in [9.17, 15) is 8.42 Å². The molecule has 3 nitrogen and oxygen atoms in total. The third-order valence-corrected chi connectivity index (χ3v) is 5.02. The summed E-state index contributed by atoms with van der Waals surface area (Å²) in [7, 11) is -3.36. The second-order valence-corrected chi connectivity index (χ2v) is 6.78. The van der Waals surface area contributed by atoms with Crippen LogP contribution < -0.4 is 4.72 Å². The van der Waals surface area contributed by atoms with E-state index >= 15 is 0 Å². The van der Waals surface area contributed by atoms with Crippen LogP contribution in [0.5, 0.6) is 0 Å². The van der Waals surface area contributed by atoms with E-state index in [0.29, 0.717) is 10.8 Å². The van der Waals surface area contributed by atoms with Crippen molar-refractivity contribution < 1.29 is 8.42 Å². The predicted molar refractivity (Wildman–Crippen MR) is 73.4 cm³/mol. The Morgan fingerprint density at radius 1 is 1.17 bits per heavy atom. The molecule has 0 unspecified atom stereocenters. The first-order valence-electron chi connectivity index (χ1n) is 6.29. The van der Waals surface area contributed by atoms with E-state index < -0.39 is 10.0 Å². The first-order valence-corrected chi connectivity index (χ1v) is 8.31. The van der Waals surface area contributed by atoms with Gasteiger partial charge in [0.15, 0.2) is 0 Å². The van der Waals surface area contributed by atoms with Gasteiger partial charge in [0, 0.05) is 11.9 Å². The molecular formula is C13H18ClNO2S. The number of alkyl halides is 1. The van der Waals surface area contributed by atoms with Gasteiger partial charge >= 0.3 is 0 Å². The van der Waals surface area contributed by atoms with Crippen molar-refractivity contribution in [3.8, 4) is 0 Å². The molecule has 100 valence electrons. The van der Waals surface area contributed by atoms with Crippen LogP contribution in [-0.2, 0) is 16.4 Å². The zero-order valence-corrected chi connectivity index (χ0v) is 11.8. The van der Waals surface area contributed by atoms with E-state index in [4.69, 9.17) is 11.6 Å². The zero-order valence-electron chi connectivity index (χ0n) is 10.2. The van der Waals surface area contributed by atoms with Crippen molar-refractivity contribution in [2.75, 3.05) is 5.88 Å². The summed E-state index contributed by atoms with van der Waals surface area (Å²) in [6.07, 6.45) is 4.88. The highest BCUT2D eigenvalue weighted by Gasteiger charge is 2.22. The SMILES string of the molecule is O=S(=O)(NC1CCCC1)c1ccc(CCCl)cc1. The number of rotatable bonds is 5. The minimum absolute atomic E-state index is 0.109. The van der Waals surface area contributed by atoms with Crippen LogP contribution in [0.15, 0.2) is 29.2 Å². The third-order valence-electron chi connectivity index (χ3n) is 3.29. The molecule has 0 aromatic heterocycles. The second kappa shape index (κ2) is 6.04. The lowest BCUT2D eigenvalue weighted by molar-refractivity contribution is 0.552. The smallest absolute Gasteiger partial charge is 0.208 e. The maximum atomic E-state index is 12.1. The van der Waals surface area contributed by atoms with Gasteiger partial charge in [0.1, 0.15) is 0 Å². The quantitative estimate of drug-likeness (QED) is 0.847. The topological polar surface area (TPSA) is 46.2 Å². The van der Waals surface area contributed by atoms with Gasteiger partial charge in [-0.05, 0) is 37.0 Å². The van der Waals surface area contributed by atoms with E-state index in [1.54, 1.807) is 12.1 Å². The number of benzene rings is 1. The molecule has 1 N–H and O–H groups in total. The van der Waals surface area contributed by atoms with E-state index in [-0.39, 0.29) is 6.04 Å². The molecule has 0 amide bonds. The van der Waals surface area contributed by atoms with Crippen LogP contribution in [0.2, 0.25) is 0 Å². The molecule has 1 aliphatic rings. The highest BCUT2D eigenvalue weighted by Crippen LogP contribution is 2.20. The van der Waals surface area contributed by atoms with Crippen LogP contribution in [0.3, 0.4) is 0 Å². The molecule has 1 fully saturated rings. The Labute approximate surface area is 114 Å². The summed E-state index contributed by atoms with van der Waals surface area (Å²) in [5.74, 6) is 0.548. The van der Waals surface area contributed by atoms with Crippen LogP contribution in [0.4, 0.5) is 0 Å². The fraction of sp³-hybridized carbons (Fsp3) is 0.538. The normalized spacial score (nSPS) is 17.2. The Bertz CT molecular complexity index is 478. The minimum Gasteiger partial charge on any atom is -0.208 e. The average Bonchev–Trinajstić information content (AvgIpc) is 2.82. The Kier molecular flexibility index (Phi) is 4.65. The van der Waals surface area contributed by atoms with Gasteiger partial charge in [-0.25, -0.2) is 13.1 Å². The van der Waals surface area contributed by atoms with E-state index in [2.05, 4.69) is 4.72 Å². The molecule has 0 spiro atoms. The number of sulfonamides is 1. The van der Waals surface area contributed by atoms with Crippen molar-refractivity contribution in [1.82, 2.24) is 4.72 Å². The zero-order chi connectivity index (χ0) is 13.0. The molecule has 1 aliphatic carbocycles. The summed E-state index contributed by atoms with van der Waals surface area (Å²) in [5.41, 5.74) is 1.06. The molecule has 0 heterocycles. The van der Waals surface area contributed by atoms with Crippen molar-refractivity contribution in [2.45, 2.75) is 43.0 Å². The minimum atomic E-state index is -3.36. The lowest BCUT2D eigenvalue weighted by Crippen LogP contribution is -2.32. The molecule has 2 rings (SSSR count). The Hall–Kier alpha value is -0.580. The van der Waals surface area contributed by atoms with Crippen LogP contribution in [0, 0.1) is 0 Å². The van der Waals surface area contributed by atoms with Gasteiger partial charge in [-0.1, -0.05) is 25.0 Å². The van der Waals surface area contributed by atoms with Gasteiger partial charge in [-0.15, -0.1) is 11.6 Å². The van der Waals surface area contributed by atoms with Crippen LogP contribution >= 0.6 is 11.6 Å². The van der Waals surface area contributed by atoms with Crippen molar-refractivity contribution in [3.05, 3.63) is 29.8 Å². The molecule has 0 atom stereocenters. The fourth-order valence-electron chi connectivity index (χ4n) is 2.28. The Balaban J connectivity index is 2.08. The van der Waals surface area contributed by atoms with Crippen molar-refractivity contribution in [1.29, 1.82) is 0 Å². The average molecular weight is 288 g/mol. The lowest BCUT2D eigenvalue weighted by Gasteiger charge is -2.12. The molecule has 1 aromatic carbocycles. The van der Waals surface area contributed by atoms with Crippen LogP contribution in [0.1, 0.15) is 31.2 Å². The Morgan fingerprint density at radius 2 is 1.78 bits per heavy atom. The molecular weight excluding hydrogens is 270 g/mol. The summed E-state index contributed by atoms with van der Waals surface area (Å²) < 4.78 is 27.0. The van der Waals surface area contributed by atoms with Gasteiger partial charge in [-0.3, -0.25) is 0 Å². The number of hydrogen-bond acceptors (Lipinski definition) is 2. The third kappa shape index (κ3) is 3.46. The maximum absolute atomic E-state index is 12.1. The summed E-state index contributed by atoms with van der Waals surface area (Å²) in [4.78, 5) is 0.340. The van der Waals surface area contributed by atoms with Gasteiger partial charge in [0.25, 0.3) is 0 Å². The van der Waals surface area contributed by atoms with Crippen LogP contribution in [-0.4, -0.2) is 20.3 Å². The van der Waals surface area contributed by atoms with Crippen molar-refractivity contribution in [2.24, 2.45) is 0 Å². The molecule has 18 heavy (non-hydrogen) atoms. The second-order valence-electron chi connectivity index (χ2n) is 4.69. The fourth-order valence-corrected chi connectivity index (χ4v) is 3.80. The van der Waals surface area contributed by atoms with E-state index in [1.165, 1.54) is 0 Å². The van der Waals surface area contributed by atoms with Crippen molar-refractivity contribution in [3.63, 3.8) is 0 Å². The van der Waals surface area contributed by atoms with Gasteiger partial charge in [0.05, 0.1) is 4.90 Å². The first kappa shape index (κ1) is 13.8. The van der Waals surface area contributed by atoms with E-state index in [0.717, 1.165) is 37.7 Å². The number of aryl methyl sites for hydroxylation is 1. The molecule has 5 heteroatoms. The maximum Gasteiger partial charge on any atom is 0.240 e. The number of nitrogens with one attached hydrogen (secondary N) is 1. The molecule has 0 aliphatic heterocycles. The molecule has 1 saturated carbocycles. The summed E-state index contributed by atoms with van der Waals surface area (Å²) >= 11 is 5.65. The van der Waals surface area contributed by atoms with Gasteiger partial charge in [0.2, 0.25) is 10.0 Å². The van der Waals surface area contributed by atoms with Gasteiger partial charge < -0.3 is 0 Å². The molecule has 0 bridgehead atoms. The summed E-state index contributed by atoms with van der Waals surface area (Å²) in [5, 5.41) is 0. The summed E-state index contributed by atoms with van der Waals surface area (Å²) in [6, 6.07) is 7.06. The number of hydrogen-bond donors (Lipinski definition) is 1. The predicted octanol–water partition coefficient (Wildman–Crippen LogP) is 2.69. The van der Waals surface area contributed by atoms with Crippen molar-refractivity contribution >= 4 is 21.6 Å². The highest BCUT2D eigenvalue weighted by atomic mass is 35.5. The van der Waals surface area contributed by atoms with E-state index in [1.807, 2.05) is 12.1 Å². The lowest BCUT2D eigenvalue weighted by atomic mass is 10.2. The standard InChI is InChI=1S/C13H18ClNO2S/c14-10-9-11-5-7-13(8-6-11)18(16,17)15-12-3-1-2-4-12/h5-8,12,15H,1-4,9-10H2. The molecule has 1 aromatic rings. The van der Waals surface area contributed by atoms with Crippen LogP contribution in [0.25, 0.3) is 0 Å². The largest absolute Gasteiger partial charge is 0.240 e. The Morgan fingerprint density at radius 3 is 2.33 bits per heavy atom. The van der Waals surface area contributed by atoms with Gasteiger partial charge in [-0.2, -0.15) is 0 Å². The monoisotopic (exact) mass is 287 g/mol.